The summed E-state index contributed by atoms with van der Waals surface area (Å²) in [6.07, 6.45) is 0. The Morgan fingerprint density at radius 3 is 2.76 bits per heavy atom. The van der Waals surface area contributed by atoms with Gasteiger partial charge < -0.3 is 5.11 Å². The number of para-hydroxylation sites is 1. The van der Waals surface area contributed by atoms with Crippen molar-refractivity contribution in [3.8, 4) is 5.69 Å². The fraction of sp³-hybridized carbons (Fsp3) is 0.0667. The van der Waals surface area contributed by atoms with E-state index in [4.69, 9.17) is 0 Å². The van der Waals surface area contributed by atoms with E-state index < -0.39 is 11.8 Å². The highest BCUT2D eigenvalue weighted by Crippen LogP contribution is 2.27. The lowest BCUT2D eigenvalue weighted by atomic mass is 10.1. The molecule has 3 rings (SSSR count). The third-order valence-corrected chi connectivity index (χ3v) is 3.72. The first-order chi connectivity index (χ1) is 9.99. The Balaban J connectivity index is 2.41. The summed E-state index contributed by atoms with van der Waals surface area (Å²) < 4.78 is 16.4. The van der Waals surface area contributed by atoms with Gasteiger partial charge in [0.2, 0.25) is 0 Å². The molecule has 0 spiro atoms. The van der Waals surface area contributed by atoms with Crippen LogP contribution in [0.3, 0.4) is 0 Å². The first kappa shape index (κ1) is 13.8. The molecule has 0 aliphatic rings. The van der Waals surface area contributed by atoms with E-state index in [2.05, 4.69) is 20.9 Å². The Kier molecular flexibility index (Phi) is 3.25. The fourth-order valence-electron chi connectivity index (χ4n) is 2.37. The van der Waals surface area contributed by atoms with Crippen LogP contribution in [0.4, 0.5) is 4.39 Å². The molecular formula is C15H10BrFN2O2. The van der Waals surface area contributed by atoms with Gasteiger partial charge in [0.15, 0.2) is 0 Å². The van der Waals surface area contributed by atoms with Gasteiger partial charge in [-0.2, -0.15) is 0 Å². The van der Waals surface area contributed by atoms with E-state index in [-0.39, 0.29) is 11.3 Å². The van der Waals surface area contributed by atoms with Gasteiger partial charge in [0, 0.05) is 4.47 Å². The average Bonchev–Trinajstić information content (AvgIpc) is 2.74. The first-order valence-corrected chi connectivity index (χ1v) is 6.95. The van der Waals surface area contributed by atoms with Crippen LogP contribution in [0.2, 0.25) is 0 Å². The second kappa shape index (κ2) is 4.96. The van der Waals surface area contributed by atoms with Crippen molar-refractivity contribution < 1.29 is 14.3 Å². The third-order valence-electron chi connectivity index (χ3n) is 3.23. The quantitative estimate of drug-likeness (QED) is 0.763. The summed E-state index contributed by atoms with van der Waals surface area (Å²) in [6, 6.07) is 9.45. The number of hydrogen-bond acceptors (Lipinski definition) is 2. The number of fused-ring (bicyclic) bond motifs is 1. The number of aromatic carboxylic acids is 1. The topological polar surface area (TPSA) is 55.1 Å². The zero-order valence-corrected chi connectivity index (χ0v) is 12.6. The predicted molar refractivity (Wildman–Crippen MR) is 80.4 cm³/mol. The molecule has 0 bridgehead atoms. The van der Waals surface area contributed by atoms with Gasteiger partial charge in [0.05, 0.1) is 22.3 Å². The highest BCUT2D eigenvalue weighted by Gasteiger charge is 2.18. The van der Waals surface area contributed by atoms with Crippen LogP contribution in [0.5, 0.6) is 0 Å². The molecule has 1 N–H and O–H groups in total. The Morgan fingerprint density at radius 2 is 2.10 bits per heavy atom. The minimum atomic E-state index is -1.07. The molecule has 0 unspecified atom stereocenters. The minimum absolute atomic E-state index is 0.0930. The van der Waals surface area contributed by atoms with Crippen molar-refractivity contribution in [3.05, 3.63) is 58.1 Å². The molecule has 1 heterocycles. The maximum absolute atomic E-state index is 14.2. The van der Waals surface area contributed by atoms with E-state index in [1.165, 1.54) is 16.7 Å². The van der Waals surface area contributed by atoms with E-state index in [1.54, 1.807) is 31.2 Å². The van der Waals surface area contributed by atoms with Crippen molar-refractivity contribution in [2.75, 3.05) is 0 Å². The summed E-state index contributed by atoms with van der Waals surface area (Å²) in [5, 5.41) is 9.33. The van der Waals surface area contributed by atoms with Crippen molar-refractivity contribution in [2.45, 2.75) is 6.92 Å². The maximum atomic E-state index is 14.2. The van der Waals surface area contributed by atoms with Crippen molar-refractivity contribution in [2.24, 2.45) is 0 Å². The number of carboxylic acids is 1. The summed E-state index contributed by atoms with van der Waals surface area (Å²) in [7, 11) is 0. The first-order valence-electron chi connectivity index (χ1n) is 6.16. The number of carboxylic acid groups (broad SMARTS) is 1. The lowest BCUT2D eigenvalue weighted by Crippen LogP contribution is -2.05. The van der Waals surface area contributed by atoms with Gasteiger partial charge in [-0.05, 0) is 37.3 Å². The number of benzene rings is 2. The smallest absolute Gasteiger partial charge is 0.337 e. The molecule has 0 fully saturated rings. The normalized spacial score (nSPS) is 11.0. The highest BCUT2D eigenvalue weighted by molar-refractivity contribution is 9.10. The van der Waals surface area contributed by atoms with Crippen LogP contribution in [0, 0.1) is 12.7 Å². The minimum Gasteiger partial charge on any atom is -0.478 e. The molecule has 0 atom stereocenters. The Bertz CT molecular complexity index is 873. The summed E-state index contributed by atoms with van der Waals surface area (Å²) in [5.74, 6) is -0.994. The monoisotopic (exact) mass is 348 g/mol. The molecule has 3 aromatic rings. The van der Waals surface area contributed by atoms with Crippen LogP contribution in [0.1, 0.15) is 16.2 Å². The van der Waals surface area contributed by atoms with Gasteiger partial charge in [-0.25, -0.2) is 14.2 Å². The number of aryl methyl sites for hydroxylation is 1. The van der Waals surface area contributed by atoms with Gasteiger partial charge >= 0.3 is 5.97 Å². The molecule has 0 saturated heterocycles. The maximum Gasteiger partial charge on any atom is 0.337 e. The molecule has 0 radical (unpaired) electrons. The largest absolute Gasteiger partial charge is 0.478 e. The van der Waals surface area contributed by atoms with E-state index in [9.17, 15) is 14.3 Å². The molecule has 2 aromatic carbocycles. The van der Waals surface area contributed by atoms with Gasteiger partial charge in [0.1, 0.15) is 11.6 Å². The molecule has 1 aromatic heterocycles. The zero-order valence-electron chi connectivity index (χ0n) is 11.0. The molecule has 4 nitrogen and oxygen atoms in total. The van der Waals surface area contributed by atoms with E-state index in [0.717, 1.165) is 0 Å². The van der Waals surface area contributed by atoms with Gasteiger partial charge in [0.25, 0.3) is 0 Å². The predicted octanol–water partition coefficient (Wildman–Crippen LogP) is 3.93. The number of carbonyl (C=O) groups is 1. The zero-order chi connectivity index (χ0) is 15.1. The highest BCUT2D eigenvalue weighted by atomic mass is 79.9. The van der Waals surface area contributed by atoms with Crippen LogP contribution in [-0.4, -0.2) is 20.6 Å². The lowest BCUT2D eigenvalue weighted by molar-refractivity contribution is 0.0698. The summed E-state index contributed by atoms with van der Waals surface area (Å²) in [4.78, 5) is 15.7. The van der Waals surface area contributed by atoms with E-state index in [1.807, 2.05) is 0 Å². The van der Waals surface area contributed by atoms with E-state index in [0.29, 0.717) is 21.3 Å². The van der Waals surface area contributed by atoms with Crippen molar-refractivity contribution in [1.29, 1.82) is 0 Å². The van der Waals surface area contributed by atoms with Crippen LogP contribution in [0.25, 0.3) is 16.7 Å². The molecule has 0 amide bonds. The van der Waals surface area contributed by atoms with E-state index >= 15 is 0 Å². The standard InChI is InChI=1S/C15H10BrFN2O2/c1-8-18-12-4-2-3-10(15(20)21)14(12)19(8)13-6-5-9(16)7-11(13)17/h2-7H,1H3,(H,20,21). The molecular weight excluding hydrogens is 339 g/mol. The summed E-state index contributed by atoms with van der Waals surface area (Å²) in [6.45, 7) is 1.72. The second-order valence-electron chi connectivity index (χ2n) is 4.57. The Hall–Kier alpha value is -2.21. The third kappa shape index (κ3) is 2.21. The van der Waals surface area contributed by atoms with Crippen molar-refractivity contribution >= 4 is 32.9 Å². The molecule has 21 heavy (non-hydrogen) atoms. The summed E-state index contributed by atoms with van der Waals surface area (Å²) >= 11 is 3.21. The fourth-order valence-corrected chi connectivity index (χ4v) is 2.71. The number of halogens is 2. The van der Waals surface area contributed by atoms with Crippen LogP contribution in [-0.2, 0) is 0 Å². The SMILES string of the molecule is Cc1nc2cccc(C(=O)O)c2n1-c1ccc(Br)cc1F. The van der Waals surface area contributed by atoms with Crippen LogP contribution in [0.15, 0.2) is 40.9 Å². The number of aromatic nitrogens is 2. The molecule has 106 valence electrons. The van der Waals surface area contributed by atoms with Crippen LogP contribution < -0.4 is 0 Å². The lowest BCUT2D eigenvalue weighted by Gasteiger charge is -2.10. The second-order valence-corrected chi connectivity index (χ2v) is 5.48. The molecule has 0 saturated carbocycles. The number of nitrogens with zero attached hydrogens (tertiary/aromatic N) is 2. The number of rotatable bonds is 2. The Labute approximate surface area is 128 Å². The van der Waals surface area contributed by atoms with Gasteiger partial charge in [-0.15, -0.1) is 0 Å². The molecule has 0 aliphatic heterocycles. The molecule has 6 heteroatoms. The summed E-state index contributed by atoms with van der Waals surface area (Å²) in [5.41, 5.74) is 1.28. The average molecular weight is 349 g/mol. The number of hydrogen-bond donors (Lipinski definition) is 1. The van der Waals surface area contributed by atoms with Crippen molar-refractivity contribution in [1.82, 2.24) is 9.55 Å². The van der Waals surface area contributed by atoms with Crippen LogP contribution >= 0.6 is 15.9 Å². The van der Waals surface area contributed by atoms with Gasteiger partial charge in [-0.1, -0.05) is 22.0 Å². The van der Waals surface area contributed by atoms with Gasteiger partial charge in [-0.3, -0.25) is 4.57 Å². The Morgan fingerprint density at radius 1 is 1.33 bits per heavy atom. The number of imidazole rings is 1. The molecule has 0 aliphatic carbocycles. The van der Waals surface area contributed by atoms with Crippen molar-refractivity contribution in [3.63, 3.8) is 0 Å².